The Labute approximate surface area is 149 Å². The number of rotatable bonds is 4. The number of fused-ring (bicyclic) bond motifs is 2. The molecule has 2 aromatic carbocycles. The van der Waals surface area contributed by atoms with E-state index in [2.05, 4.69) is 11.2 Å². The molecule has 1 aliphatic heterocycles. The van der Waals surface area contributed by atoms with Gasteiger partial charge in [-0.3, -0.25) is 9.59 Å². The van der Waals surface area contributed by atoms with E-state index >= 15 is 0 Å². The number of epoxide rings is 1. The second-order valence-corrected chi connectivity index (χ2v) is 6.11. The van der Waals surface area contributed by atoms with Crippen LogP contribution in [0.3, 0.4) is 0 Å². The molecule has 130 valence electrons. The quantitative estimate of drug-likeness (QED) is 0.639. The Morgan fingerprint density at radius 1 is 1.31 bits per heavy atom. The molecule has 0 bridgehead atoms. The topological polar surface area (TPSA) is 88.2 Å². The molecule has 1 heterocycles. The highest BCUT2D eigenvalue weighted by molar-refractivity contribution is 6.04. The zero-order valence-electron chi connectivity index (χ0n) is 13.6. The summed E-state index contributed by atoms with van der Waals surface area (Å²) >= 11 is 0. The van der Waals surface area contributed by atoms with Gasteiger partial charge in [0.25, 0.3) is 5.91 Å². The lowest BCUT2D eigenvalue weighted by Crippen LogP contribution is -2.37. The lowest BCUT2D eigenvalue weighted by atomic mass is 10.00. The number of hydrogen-bond acceptors (Lipinski definition) is 5. The van der Waals surface area contributed by atoms with Gasteiger partial charge < -0.3 is 19.9 Å². The maximum atomic E-state index is 12.8. The van der Waals surface area contributed by atoms with Gasteiger partial charge in [-0.2, -0.15) is 0 Å². The summed E-state index contributed by atoms with van der Waals surface area (Å²) in [6.45, 7) is 0.0139. The van der Waals surface area contributed by atoms with E-state index in [1.54, 1.807) is 12.1 Å². The number of aliphatic hydroxyl groups is 1. The number of hydrogen-bond donors (Lipinski definition) is 2. The van der Waals surface area contributed by atoms with Crippen molar-refractivity contribution < 1.29 is 24.2 Å². The fourth-order valence-corrected chi connectivity index (χ4v) is 3.03. The molecule has 3 unspecified atom stereocenters. The average Bonchev–Trinajstić information content (AvgIpc) is 3.45. The second kappa shape index (κ2) is 6.30. The van der Waals surface area contributed by atoms with Crippen LogP contribution < -0.4 is 10.1 Å². The van der Waals surface area contributed by atoms with Crippen LogP contribution in [0.2, 0.25) is 0 Å². The molecule has 1 amide bonds. The SMILES string of the molecule is C#CCOc1cc2ccccc2cc1C(=O)NC1=CC(=O)C2OC2C1O. The van der Waals surface area contributed by atoms with Crippen molar-refractivity contribution in [2.24, 2.45) is 0 Å². The van der Waals surface area contributed by atoms with E-state index in [4.69, 9.17) is 15.9 Å². The highest BCUT2D eigenvalue weighted by Gasteiger charge is 2.53. The minimum atomic E-state index is -1.04. The van der Waals surface area contributed by atoms with Crippen molar-refractivity contribution in [1.29, 1.82) is 0 Å². The predicted molar refractivity (Wildman–Crippen MR) is 93.5 cm³/mol. The molecule has 26 heavy (non-hydrogen) atoms. The fourth-order valence-electron chi connectivity index (χ4n) is 3.03. The lowest BCUT2D eigenvalue weighted by Gasteiger charge is -2.18. The molecule has 1 aliphatic carbocycles. The summed E-state index contributed by atoms with van der Waals surface area (Å²) in [4.78, 5) is 24.5. The van der Waals surface area contributed by atoms with E-state index in [0.29, 0.717) is 5.75 Å². The van der Waals surface area contributed by atoms with Gasteiger partial charge in [0.15, 0.2) is 5.78 Å². The summed E-state index contributed by atoms with van der Waals surface area (Å²) in [5.74, 6) is 1.93. The zero-order chi connectivity index (χ0) is 18.3. The normalized spacial score (nSPS) is 23.6. The highest BCUT2D eigenvalue weighted by Crippen LogP contribution is 2.34. The number of aliphatic hydroxyl groups excluding tert-OH is 1. The van der Waals surface area contributed by atoms with Gasteiger partial charge in [0.05, 0.1) is 11.3 Å². The zero-order valence-corrected chi connectivity index (χ0v) is 13.6. The molecular weight excluding hydrogens is 334 g/mol. The molecule has 2 aromatic rings. The molecule has 4 rings (SSSR count). The van der Waals surface area contributed by atoms with Gasteiger partial charge in [0, 0.05) is 6.08 Å². The lowest BCUT2D eigenvalue weighted by molar-refractivity contribution is -0.116. The van der Waals surface area contributed by atoms with E-state index in [9.17, 15) is 14.7 Å². The van der Waals surface area contributed by atoms with Crippen molar-refractivity contribution in [3.05, 3.63) is 53.7 Å². The van der Waals surface area contributed by atoms with Crippen LogP contribution in [0.5, 0.6) is 5.75 Å². The van der Waals surface area contributed by atoms with Gasteiger partial charge >= 0.3 is 0 Å². The van der Waals surface area contributed by atoms with E-state index < -0.39 is 24.2 Å². The fraction of sp³-hybridized carbons (Fsp3) is 0.200. The highest BCUT2D eigenvalue weighted by atomic mass is 16.6. The van der Waals surface area contributed by atoms with Crippen LogP contribution in [-0.4, -0.2) is 41.7 Å². The van der Waals surface area contributed by atoms with Crippen molar-refractivity contribution in [2.45, 2.75) is 18.3 Å². The first-order chi connectivity index (χ1) is 12.6. The summed E-state index contributed by atoms with van der Waals surface area (Å²) in [6.07, 6.45) is 4.23. The summed E-state index contributed by atoms with van der Waals surface area (Å²) < 4.78 is 10.6. The number of amides is 1. The third-order valence-corrected chi connectivity index (χ3v) is 4.39. The van der Waals surface area contributed by atoms with Crippen molar-refractivity contribution >= 4 is 22.5 Å². The molecule has 6 nitrogen and oxygen atoms in total. The number of ketones is 1. The van der Waals surface area contributed by atoms with Gasteiger partial charge in [-0.25, -0.2) is 0 Å². The Bertz CT molecular complexity index is 987. The van der Waals surface area contributed by atoms with Gasteiger partial charge in [-0.1, -0.05) is 30.2 Å². The third kappa shape index (κ3) is 2.84. The maximum Gasteiger partial charge on any atom is 0.259 e. The van der Waals surface area contributed by atoms with E-state index in [1.807, 2.05) is 24.3 Å². The summed E-state index contributed by atoms with van der Waals surface area (Å²) in [6, 6.07) is 10.9. The molecule has 6 heteroatoms. The summed E-state index contributed by atoms with van der Waals surface area (Å²) in [5.41, 5.74) is 0.383. The Kier molecular flexibility index (Phi) is 3.96. The molecule has 3 atom stereocenters. The van der Waals surface area contributed by atoms with Crippen molar-refractivity contribution in [3.63, 3.8) is 0 Å². The van der Waals surface area contributed by atoms with Crippen LogP contribution in [-0.2, 0) is 9.53 Å². The molecule has 0 spiro atoms. The van der Waals surface area contributed by atoms with Crippen LogP contribution in [0.4, 0.5) is 0 Å². The van der Waals surface area contributed by atoms with Gasteiger partial charge in [0.1, 0.15) is 30.7 Å². The number of benzene rings is 2. The minimum absolute atomic E-state index is 0.0139. The van der Waals surface area contributed by atoms with Crippen molar-refractivity contribution in [2.75, 3.05) is 6.61 Å². The minimum Gasteiger partial charge on any atom is -0.480 e. The monoisotopic (exact) mass is 349 g/mol. The molecule has 2 N–H and O–H groups in total. The standard InChI is InChI=1S/C20H15NO5/c1-2-7-25-16-9-12-6-4-3-5-11(12)8-13(16)20(24)21-14-10-15(22)18-19(26-18)17(14)23/h1,3-6,8-10,17-19,23H,7H2,(H,21,24). The Hall–Kier alpha value is -3.14. The number of ether oxygens (including phenoxy) is 2. The maximum absolute atomic E-state index is 12.8. The molecular formula is C20H15NO5. The van der Waals surface area contributed by atoms with E-state index in [-0.39, 0.29) is 23.7 Å². The molecule has 1 fully saturated rings. The molecule has 0 radical (unpaired) electrons. The molecule has 0 saturated carbocycles. The van der Waals surface area contributed by atoms with Crippen molar-refractivity contribution in [1.82, 2.24) is 5.32 Å². The number of carbonyl (C=O) groups excluding carboxylic acids is 2. The van der Waals surface area contributed by atoms with Gasteiger partial charge in [-0.15, -0.1) is 6.42 Å². The largest absolute Gasteiger partial charge is 0.480 e. The number of terminal acetylenes is 1. The molecule has 0 aromatic heterocycles. The van der Waals surface area contributed by atoms with Gasteiger partial charge in [-0.05, 0) is 22.9 Å². The molecule has 2 aliphatic rings. The van der Waals surface area contributed by atoms with E-state index in [1.165, 1.54) is 6.08 Å². The Balaban J connectivity index is 1.67. The van der Waals surface area contributed by atoms with Gasteiger partial charge in [0.2, 0.25) is 0 Å². The molecule has 1 saturated heterocycles. The first-order valence-electron chi connectivity index (χ1n) is 8.08. The third-order valence-electron chi connectivity index (χ3n) is 4.39. The van der Waals surface area contributed by atoms with Crippen LogP contribution in [0.1, 0.15) is 10.4 Å². The van der Waals surface area contributed by atoms with Crippen LogP contribution >= 0.6 is 0 Å². The smallest absolute Gasteiger partial charge is 0.259 e. The van der Waals surface area contributed by atoms with Crippen LogP contribution in [0, 0.1) is 12.3 Å². The second-order valence-electron chi connectivity index (χ2n) is 6.11. The van der Waals surface area contributed by atoms with E-state index in [0.717, 1.165) is 10.8 Å². The summed E-state index contributed by atoms with van der Waals surface area (Å²) in [7, 11) is 0. The predicted octanol–water partition coefficient (Wildman–Crippen LogP) is 1.18. The average molecular weight is 349 g/mol. The summed E-state index contributed by atoms with van der Waals surface area (Å²) in [5, 5.41) is 14.5. The Morgan fingerprint density at radius 2 is 2.04 bits per heavy atom. The number of nitrogens with one attached hydrogen (secondary N) is 1. The first-order valence-corrected chi connectivity index (χ1v) is 8.08. The number of carbonyl (C=O) groups is 2. The van der Waals surface area contributed by atoms with Crippen LogP contribution in [0.15, 0.2) is 48.2 Å². The van der Waals surface area contributed by atoms with Crippen molar-refractivity contribution in [3.8, 4) is 18.1 Å². The Morgan fingerprint density at radius 3 is 2.77 bits per heavy atom. The van der Waals surface area contributed by atoms with Crippen LogP contribution in [0.25, 0.3) is 10.8 Å². The first kappa shape index (κ1) is 16.3.